The molecule has 2 aliphatic heterocycles. The van der Waals surface area contributed by atoms with Crippen molar-refractivity contribution in [2.75, 3.05) is 20.3 Å². The van der Waals surface area contributed by atoms with E-state index in [0.717, 1.165) is 17.1 Å². The first kappa shape index (κ1) is 13.9. The van der Waals surface area contributed by atoms with E-state index < -0.39 is 6.04 Å². The van der Waals surface area contributed by atoms with E-state index in [9.17, 15) is 9.59 Å². The first-order valence-corrected chi connectivity index (χ1v) is 7.02. The molecule has 0 aliphatic carbocycles. The zero-order valence-electron chi connectivity index (χ0n) is 12.1. The van der Waals surface area contributed by atoms with Gasteiger partial charge >= 0.3 is 0 Å². The standard InChI is InChI=1S/C15H18N2O4/c1-9(16-11-8-14(18)17(2)15(11)19)10-3-4-12-13(7-10)21-6-5-20-12/h3-4,7,9,11,16H,5-6,8H2,1-2H3. The van der Waals surface area contributed by atoms with E-state index in [0.29, 0.717) is 13.2 Å². The number of carbonyl (C=O) groups is 2. The third-order valence-electron chi connectivity index (χ3n) is 3.90. The number of nitrogens with one attached hydrogen (secondary N) is 1. The molecule has 6 nitrogen and oxygen atoms in total. The van der Waals surface area contributed by atoms with Crippen LogP contribution in [0.4, 0.5) is 0 Å². The molecule has 112 valence electrons. The maximum atomic E-state index is 11.9. The molecule has 2 amide bonds. The Morgan fingerprint density at radius 2 is 1.95 bits per heavy atom. The molecular weight excluding hydrogens is 272 g/mol. The minimum absolute atomic E-state index is 0.0610. The highest BCUT2D eigenvalue weighted by Gasteiger charge is 2.36. The quantitative estimate of drug-likeness (QED) is 0.837. The fourth-order valence-electron chi connectivity index (χ4n) is 2.61. The van der Waals surface area contributed by atoms with Gasteiger partial charge in [-0.3, -0.25) is 19.8 Å². The second kappa shape index (κ2) is 5.37. The van der Waals surface area contributed by atoms with E-state index in [4.69, 9.17) is 9.47 Å². The summed E-state index contributed by atoms with van der Waals surface area (Å²) in [4.78, 5) is 24.6. The van der Waals surface area contributed by atoms with Crippen LogP contribution in [0.15, 0.2) is 18.2 Å². The van der Waals surface area contributed by atoms with Crippen molar-refractivity contribution in [1.82, 2.24) is 10.2 Å². The van der Waals surface area contributed by atoms with Crippen LogP contribution in [0.2, 0.25) is 0 Å². The average molecular weight is 290 g/mol. The van der Waals surface area contributed by atoms with E-state index in [1.165, 1.54) is 11.9 Å². The number of likely N-dealkylation sites (tertiary alicyclic amines) is 1. The second-order valence-electron chi connectivity index (χ2n) is 5.34. The molecule has 6 heteroatoms. The van der Waals surface area contributed by atoms with Gasteiger partial charge in [0.1, 0.15) is 13.2 Å². The Bertz CT molecular complexity index is 587. The Hall–Kier alpha value is -2.08. The number of benzene rings is 1. The van der Waals surface area contributed by atoms with Gasteiger partial charge in [0, 0.05) is 13.1 Å². The fraction of sp³-hybridized carbons (Fsp3) is 0.467. The smallest absolute Gasteiger partial charge is 0.246 e. The van der Waals surface area contributed by atoms with Crippen molar-refractivity contribution in [1.29, 1.82) is 0 Å². The minimum atomic E-state index is -0.453. The van der Waals surface area contributed by atoms with Crippen LogP contribution in [-0.4, -0.2) is 43.0 Å². The molecule has 0 saturated carbocycles. The van der Waals surface area contributed by atoms with Gasteiger partial charge in [-0.15, -0.1) is 0 Å². The molecule has 3 rings (SSSR count). The number of nitrogens with zero attached hydrogens (tertiary/aromatic N) is 1. The summed E-state index contributed by atoms with van der Waals surface area (Å²) in [6.07, 6.45) is 0.213. The van der Waals surface area contributed by atoms with Gasteiger partial charge in [0.2, 0.25) is 11.8 Å². The monoisotopic (exact) mass is 290 g/mol. The number of hydrogen-bond acceptors (Lipinski definition) is 5. The molecule has 0 bridgehead atoms. The summed E-state index contributed by atoms with van der Waals surface area (Å²) < 4.78 is 11.0. The van der Waals surface area contributed by atoms with Crippen molar-refractivity contribution in [2.24, 2.45) is 0 Å². The van der Waals surface area contributed by atoms with Gasteiger partial charge in [0.25, 0.3) is 0 Å². The van der Waals surface area contributed by atoms with Crippen molar-refractivity contribution in [3.05, 3.63) is 23.8 Å². The molecule has 1 aromatic rings. The number of carbonyl (C=O) groups excluding carboxylic acids is 2. The zero-order valence-corrected chi connectivity index (χ0v) is 12.1. The SMILES string of the molecule is CC(NC1CC(=O)N(C)C1=O)c1ccc2c(c1)OCCO2. The summed E-state index contributed by atoms with van der Waals surface area (Å²) in [6.45, 7) is 3.06. The van der Waals surface area contributed by atoms with Crippen LogP contribution < -0.4 is 14.8 Å². The number of imide groups is 1. The first-order valence-electron chi connectivity index (χ1n) is 7.02. The summed E-state index contributed by atoms with van der Waals surface area (Å²) in [6, 6.07) is 5.21. The predicted octanol–water partition coefficient (Wildman–Crippen LogP) is 0.866. The van der Waals surface area contributed by atoms with Crippen LogP contribution in [0.5, 0.6) is 11.5 Å². The average Bonchev–Trinajstić information content (AvgIpc) is 2.74. The zero-order chi connectivity index (χ0) is 15.0. The van der Waals surface area contributed by atoms with E-state index in [-0.39, 0.29) is 24.3 Å². The van der Waals surface area contributed by atoms with Gasteiger partial charge in [-0.05, 0) is 24.6 Å². The molecule has 2 aliphatic rings. The molecule has 1 aromatic carbocycles. The van der Waals surface area contributed by atoms with Crippen LogP contribution in [0.3, 0.4) is 0 Å². The Morgan fingerprint density at radius 3 is 2.62 bits per heavy atom. The molecule has 0 spiro atoms. The van der Waals surface area contributed by atoms with Crippen molar-refractivity contribution in [3.63, 3.8) is 0 Å². The van der Waals surface area contributed by atoms with Crippen LogP contribution >= 0.6 is 0 Å². The largest absolute Gasteiger partial charge is 0.486 e. The van der Waals surface area contributed by atoms with Crippen LogP contribution in [0.1, 0.15) is 24.9 Å². The second-order valence-corrected chi connectivity index (χ2v) is 5.34. The highest BCUT2D eigenvalue weighted by molar-refractivity contribution is 6.05. The molecule has 2 unspecified atom stereocenters. The molecule has 1 N–H and O–H groups in total. The summed E-state index contributed by atoms with van der Waals surface area (Å²) in [5, 5.41) is 3.20. The van der Waals surface area contributed by atoms with Crippen molar-refractivity contribution in [2.45, 2.75) is 25.4 Å². The number of hydrogen-bond donors (Lipinski definition) is 1. The summed E-state index contributed by atoms with van der Waals surface area (Å²) in [5.74, 6) is 1.14. The summed E-state index contributed by atoms with van der Waals surface area (Å²) >= 11 is 0. The summed E-state index contributed by atoms with van der Waals surface area (Å²) in [7, 11) is 1.51. The normalized spacial score (nSPS) is 22.6. The highest BCUT2D eigenvalue weighted by Crippen LogP contribution is 2.32. The fourth-order valence-corrected chi connectivity index (χ4v) is 2.61. The maximum absolute atomic E-state index is 11.9. The third kappa shape index (κ3) is 2.58. The predicted molar refractivity (Wildman–Crippen MR) is 75.2 cm³/mol. The minimum Gasteiger partial charge on any atom is -0.486 e. The molecular formula is C15H18N2O4. The van der Waals surface area contributed by atoms with Crippen molar-refractivity contribution < 1.29 is 19.1 Å². The highest BCUT2D eigenvalue weighted by atomic mass is 16.6. The lowest BCUT2D eigenvalue weighted by molar-refractivity contribution is -0.137. The summed E-state index contributed by atoms with van der Waals surface area (Å²) in [5.41, 5.74) is 0.994. The molecule has 2 atom stereocenters. The van der Waals surface area contributed by atoms with E-state index in [2.05, 4.69) is 5.32 Å². The van der Waals surface area contributed by atoms with Crippen molar-refractivity contribution in [3.8, 4) is 11.5 Å². The van der Waals surface area contributed by atoms with Gasteiger partial charge in [-0.2, -0.15) is 0 Å². The Kier molecular flexibility index (Phi) is 3.55. The molecule has 0 radical (unpaired) electrons. The Labute approximate surface area is 123 Å². The molecule has 1 fully saturated rings. The van der Waals surface area contributed by atoms with E-state index in [1.54, 1.807) is 0 Å². The number of amides is 2. The van der Waals surface area contributed by atoms with Gasteiger partial charge < -0.3 is 9.47 Å². The van der Waals surface area contributed by atoms with Crippen LogP contribution in [0.25, 0.3) is 0 Å². The molecule has 1 saturated heterocycles. The topological polar surface area (TPSA) is 67.9 Å². The van der Waals surface area contributed by atoms with E-state index in [1.807, 2.05) is 25.1 Å². The third-order valence-corrected chi connectivity index (χ3v) is 3.90. The lowest BCUT2D eigenvalue weighted by Gasteiger charge is -2.22. The molecule has 21 heavy (non-hydrogen) atoms. The lowest BCUT2D eigenvalue weighted by atomic mass is 10.1. The van der Waals surface area contributed by atoms with Crippen LogP contribution in [-0.2, 0) is 9.59 Å². The van der Waals surface area contributed by atoms with Crippen molar-refractivity contribution >= 4 is 11.8 Å². The van der Waals surface area contributed by atoms with Gasteiger partial charge in [0.15, 0.2) is 11.5 Å². The number of fused-ring (bicyclic) bond motifs is 1. The number of likely N-dealkylation sites (N-methyl/N-ethyl adjacent to an activating group) is 1. The molecule has 0 aromatic heterocycles. The first-order chi connectivity index (χ1) is 10.1. The lowest BCUT2D eigenvalue weighted by Crippen LogP contribution is -2.38. The van der Waals surface area contributed by atoms with Gasteiger partial charge in [-0.25, -0.2) is 0 Å². The Balaban J connectivity index is 1.72. The molecule has 2 heterocycles. The van der Waals surface area contributed by atoms with Gasteiger partial charge in [0.05, 0.1) is 12.5 Å². The Morgan fingerprint density at radius 1 is 1.24 bits per heavy atom. The van der Waals surface area contributed by atoms with E-state index >= 15 is 0 Å². The number of ether oxygens (including phenoxy) is 2. The number of rotatable bonds is 3. The van der Waals surface area contributed by atoms with Crippen LogP contribution in [0, 0.1) is 0 Å². The van der Waals surface area contributed by atoms with Gasteiger partial charge in [-0.1, -0.05) is 6.07 Å². The maximum Gasteiger partial charge on any atom is 0.246 e.